The summed E-state index contributed by atoms with van der Waals surface area (Å²) in [5.74, 6) is -1.32. The molecule has 2 amide bonds. The Morgan fingerprint density at radius 3 is 2.42 bits per heavy atom. The molecule has 2 N–H and O–H groups in total. The summed E-state index contributed by atoms with van der Waals surface area (Å²) in [5.41, 5.74) is 0.542. The molecule has 26 heavy (non-hydrogen) atoms. The van der Waals surface area contributed by atoms with Crippen molar-refractivity contribution in [1.29, 1.82) is 0 Å². The highest BCUT2D eigenvalue weighted by Crippen LogP contribution is 2.20. The van der Waals surface area contributed by atoms with E-state index in [1.54, 1.807) is 18.2 Å². The highest BCUT2D eigenvalue weighted by molar-refractivity contribution is 6.35. The average molecular weight is 363 g/mol. The molecule has 2 fully saturated rings. The van der Waals surface area contributed by atoms with Crippen molar-refractivity contribution in [3.8, 4) is 0 Å². The smallest absolute Gasteiger partial charge is 0.312 e. The van der Waals surface area contributed by atoms with Crippen LogP contribution in [0.25, 0.3) is 0 Å². The van der Waals surface area contributed by atoms with Gasteiger partial charge in [-0.1, -0.05) is 12.1 Å². The predicted molar refractivity (Wildman–Crippen MR) is 97.5 cm³/mol. The first-order valence-corrected chi connectivity index (χ1v) is 9.15. The zero-order chi connectivity index (χ0) is 18.4. The largest absolute Gasteiger partial charge is 0.366 e. The molecular weight excluding hydrogens is 337 g/mol. The van der Waals surface area contributed by atoms with Gasteiger partial charge in [0.1, 0.15) is 5.82 Å². The molecule has 142 valence electrons. The van der Waals surface area contributed by atoms with Crippen LogP contribution < -0.4 is 15.5 Å². The van der Waals surface area contributed by atoms with Gasteiger partial charge in [-0.15, -0.1) is 0 Å². The van der Waals surface area contributed by atoms with Crippen LogP contribution in [-0.2, 0) is 9.59 Å². The molecule has 7 nitrogen and oxygen atoms in total. The molecule has 1 aromatic carbocycles. The Kier molecular flexibility index (Phi) is 6.40. The van der Waals surface area contributed by atoms with Crippen LogP contribution in [0.2, 0.25) is 0 Å². The Morgan fingerprint density at radius 1 is 1.04 bits per heavy atom. The summed E-state index contributed by atoms with van der Waals surface area (Å²) in [6.45, 7) is 6.92. The zero-order valence-corrected chi connectivity index (χ0v) is 14.9. The maximum absolute atomic E-state index is 13.9. The molecular formula is C18H26FN5O2. The number of nitrogens with one attached hydrogen (secondary N) is 2. The summed E-state index contributed by atoms with van der Waals surface area (Å²) in [6, 6.07) is 6.61. The minimum atomic E-state index is -0.556. The maximum Gasteiger partial charge on any atom is 0.312 e. The van der Waals surface area contributed by atoms with Crippen molar-refractivity contribution in [2.75, 3.05) is 70.3 Å². The second-order valence-corrected chi connectivity index (χ2v) is 6.58. The van der Waals surface area contributed by atoms with Crippen LogP contribution in [0.15, 0.2) is 24.3 Å². The van der Waals surface area contributed by atoms with E-state index in [2.05, 4.69) is 15.5 Å². The van der Waals surface area contributed by atoms with Gasteiger partial charge in [0, 0.05) is 65.4 Å². The van der Waals surface area contributed by atoms with Crippen LogP contribution in [0.4, 0.5) is 10.1 Å². The van der Waals surface area contributed by atoms with Crippen LogP contribution in [0, 0.1) is 5.82 Å². The van der Waals surface area contributed by atoms with E-state index in [0.717, 1.165) is 32.7 Å². The summed E-state index contributed by atoms with van der Waals surface area (Å²) in [7, 11) is 0. The summed E-state index contributed by atoms with van der Waals surface area (Å²) in [4.78, 5) is 30.1. The number of amides is 2. The molecule has 2 aliphatic heterocycles. The lowest BCUT2D eigenvalue weighted by molar-refractivity contribution is -0.146. The fraction of sp³-hybridized carbons (Fsp3) is 0.556. The van der Waals surface area contributed by atoms with Crippen molar-refractivity contribution in [2.45, 2.75) is 0 Å². The lowest BCUT2D eigenvalue weighted by atomic mass is 10.2. The zero-order valence-electron chi connectivity index (χ0n) is 14.9. The molecule has 0 aromatic heterocycles. The van der Waals surface area contributed by atoms with E-state index in [9.17, 15) is 14.0 Å². The molecule has 0 aliphatic carbocycles. The summed E-state index contributed by atoms with van der Waals surface area (Å²) in [5, 5.41) is 5.99. The van der Waals surface area contributed by atoms with E-state index in [-0.39, 0.29) is 5.82 Å². The number of hydrogen-bond acceptors (Lipinski definition) is 5. The summed E-state index contributed by atoms with van der Waals surface area (Å²) < 4.78 is 13.9. The molecule has 0 atom stereocenters. The second-order valence-electron chi connectivity index (χ2n) is 6.58. The number of nitrogens with zero attached hydrogens (tertiary/aromatic N) is 3. The van der Waals surface area contributed by atoms with Gasteiger partial charge in [0.2, 0.25) is 0 Å². The van der Waals surface area contributed by atoms with Gasteiger partial charge in [-0.05, 0) is 12.1 Å². The van der Waals surface area contributed by atoms with Gasteiger partial charge in [0.15, 0.2) is 0 Å². The van der Waals surface area contributed by atoms with E-state index in [1.807, 2.05) is 4.90 Å². The van der Waals surface area contributed by atoms with Crippen LogP contribution in [0.5, 0.6) is 0 Å². The number of rotatable bonds is 4. The van der Waals surface area contributed by atoms with Crippen LogP contribution in [0.3, 0.4) is 0 Å². The van der Waals surface area contributed by atoms with Crippen molar-refractivity contribution in [3.05, 3.63) is 30.1 Å². The number of piperazine rings is 2. The van der Waals surface area contributed by atoms with E-state index >= 15 is 0 Å². The number of carbonyl (C=O) groups is 2. The lowest BCUT2D eigenvalue weighted by Crippen LogP contribution is -2.53. The van der Waals surface area contributed by atoms with E-state index in [0.29, 0.717) is 38.4 Å². The fourth-order valence-electron chi connectivity index (χ4n) is 3.34. The Hall–Kier alpha value is -2.19. The van der Waals surface area contributed by atoms with Crippen LogP contribution in [-0.4, -0.2) is 87.1 Å². The third-order valence-electron chi connectivity index (χ3n) is 4.88. The highest BCUT2D eigenvalue weighted by atomic mass is 19.1. The normalized spacial score (nSPS) is 18.7. The summed E-state index contributed by atoms with van der Waals surface area (Å²) in [6.07, 6.45) is 0. The van der Waals surface area contributed by atoms with Crippen LogP contribution >= 0.6 is 0 Å². The first kappa shape index (κ1) is 18.6. The fourth-order valence-corrected chi connectivity index (χ4v) is 3.34. The third kappa shape index (κ3) is 4.70. The van der Waals surface area contributed by atoms with E-state index in [1.165, 1.54) is 11.0 Å². The van der Waals surface area contributed by atoms with Crippen molar-refractivity contribution in [3.63, 3.8) is 0 Å². The lowest BCUT2D eigenvalue weighted by Gasteiger charge is -2.35. The quantitative estimate of drug-likeness (QED) is 0.706. The average Bonchev–Trinajstić information content (AvgIpc) is 2.69. The molecule has 8 heteroatoms. The molecule has 2 saturated heterocycles. The second kappa shape index (κ2) is 8.95. The number of para-hydroxylation sites is 1. The van der Waals surface area contributed by atoms with Crippen molar-refractivity contribution < 1.29 is 14.0 Å². The van der Waals surface area contributed by atoms with Gasteiger partial charge in [-0.2, -0.15) is 0 Å². The van der Waals surface area contributed by atoms with Gasteiger partial charge in [-0.25, -0.2) is 4.39 Å². The van der Waals surface area contributed by atoms with Crippen LogP contribution in [0.1, 0.15) is 0 Å². The van der Waals surface area contributed by atoms with E-state index in [4.69, 9.17) is 0 Å². The monoisotopic (exact) mass is 363 g/mol. The molecule has 3 rings (SSSR count). The standard InChI is InChI=1S/C18H26FN5O2/c19-15-3-1-2-4-16(15)23-11-13-24(14-12-23)18(26)17(25)21-7-10-22-8-5-20-6-9-22/h1-4,20H,5-14H2,(H,21,25). The molecule has 0 unspecified atom stereocenters. The molecule has 0 bridgehead atoms. The third-order valence-corrected chi connectivity index (χ3v) is 4.88. The van der Waals surface area contributed by atoms with Gasteiger partial charge < -0.3 is 20.4 Å². The molecule has 2 aliphatic rings. The SMILES string of the molecule is O=C(NCCN1CCNCC1)C(=O)N1CCN(c2ccccc2F)CC1. The van der Waals surface area contributed by atoms with Crippen molar-refractivity contribution in [1.82, 2.24) is 20.4 Å². The maximum atomic E-state index is 13.9. The number of anilines is 1. The molecule has 2 heterocycles. The highest BCUT2D eigenvalue weighted by Gasteiger charge is 2.26. The molecule has 0 saturated carbocycles. The Bertz CT molecular complexity index is 628. The number of halogens is 1. The first-order chi connectivity index (χ1) is 12.6. The van der Waals surface area contributed by atoms with Gasteiger partial charge >= 0.3 is 11.8 Å². The number of carbonyl (C=O) groups excluding carboxylic acids is 2. The molecule has 0 radical (unpaired) electrons. The predicted octanol–water partition coefficient (Wildman–Crippen LogP) is -0.504. The topological polar surface area (TPSA) is 67.9 Å². The Labute approximate surface area is 153 Å². The first-order valence-electron chi connectivity index (χ1n) is 9.15. The molecule has 1 aromatic rings. The van der Waals surface area contributed by atoms with E-state index < -0.39 is 11.8 Å². The Balaban J connectivity index is 1.41. The Morgan fingerprint density at radius 2 is 1.73 bits per heavy atom. The molecule has 0 spiro atoms. The number of benzene rings is 1. The van der Waals surface area contributed by atoms with Gasteiger partial charge in [-0.3, -0.25) is 14.5 Å². The van der Waals surface area contributed by atoms with Crippen molar-refractivity contribution in [2.24, 2.45) is 0 Å². The van der Waals surface area contributed by atoms with Crippen molar-refractivity contribution >= 4 is 17.5 Å². The van der Waals surface area contributed by atoms with Gasteiger partial charge in [0.05, 0.1) is 5.69 Å². The minimum Gasteiger partial charge on any atom is -0.366 e. The minimum absolute atomic E-state index is 0.266. The number of hydrogen-bond donors (Lipinski definition) is 2. The summed E-state index contributed by atoms with van der Waals surface area (Å²) >= 11 is 0. The van der Waals surface area contributed by atoms with Gasteiger partial charge in [0.25, 0.3) is 0 Å².